The molecule has 0 saturated carbocycles. The number of ether oxygens (including phenoxy) is 2. The van der Waals surface area contributed by atoms with Crippen molar-refractivity contribution in [1.29, 1.82) is 0 Å². The number of carbonyl (C=O) groups excluding carboxylic acids is 1. The highest BCUT2D eigenvalue weighted by Gasteiger charge is 2.43. The Balaban J connectivity index is 1.55. The zero-order valence-corrected chi connectivity index (χ0v) is 21.5. The quantitative estimate of drug-likeness (QED) is 0.418. The van der Waals surface area contributed by atoms with Crippen LogP contribution in [0.4, 0.5) is 4.79 Å². The number of urea groups is 1. The van der Waals surface area contributed by atoms with Crippen LogP contribution < -0.4 is 15.4 Å². The molecule has 3 N–H and O–H groups in total. The molecule has 4 rings (SSSR count). The zero-order chi connectivity index (χ0) is 25.2. The van der Waals surface area contributed by atoms with Gasteiger partial charge in [0, 0.05) is 50.9 Å². The van der Waals surface area contributed by atoms with Crippen LogP contribution in [0.2, 0.25) is 0 Å². The molecule has 2 amide bonds. The van der Waals surface area contributed by atoms with Crippen molar-refractivity contribution in [2.75, 3.05) is 39.9 Å². The number of unbranched alkanes of at least 4 members (excludes halogenated alkanes) is 1. The molecule has 0 aliphatic carbocycles. The summed E-state index contributed by atoms with van der Waals surface area (Å²) in [7, 11) is 1.70. The van der Waals surface area contributed by atoms with E-state index in [2.05, 4.69) is 10.6 Å². The Morgan fingerprint density at radius 2 is 1.92 bits per heavy atom. The van der Waals surface area contributed by atoms with Crippen molar-refractivity contribution >= 4 is 6.03 Å². The third-order valence-corrected chi connectivity index (χ3v) is 7.49. The first-order chi connectivity index (χ1) is 17.6. The minimum Gasteiger partial charge on any atom is -0.457 e. The Labute approximate surface area is 215 Å². The third-order valence-electron chi connectivity index (χ3n) is 7.49. The number of para-hydroxylation sites is 2. The number of nitrogens with one attached hydrogen (secondary N) is 2. The second-order valence-electron chi connectivity index (χ2n) is 10.1. The van der Waals surface area contributed by atoms with Crippen LogP contribution >= 0.6 is 0 Å². The summed E-state index contributed by atoms with van der Waals surface area (Å²) < 4.78 is 11.5. The molecule has 2 aromatic rings. The van der Waals surface area contributed by atoms with E-state index in [1.807, 2.05) is 59.5 Å². The van der Waals surface area contributed by atoms with E-state index in [9.17, 15) is 9.90 Å². The van der Waals surface area contributed by atoms with Gasteiger partial charge in [0.15, 0.2) is 0 Å². The van der Waals surface area contributed by atoms with Crippen LogP contribution in [0.25, 0.3) is 0 Å². The Morgan fingerprint density at radius 1 is 1.11 bits per heavy atom. The number of amides is 2. The third kappa shape index (κ3) is 6.78. The molecule has 2 aliphatic heterocycles. The predicted octanol–water partition coefficient (Wildman–Crippen LogP) is 4.66. The topological polar surface area (TPSA) is 83.1 Å². The van der Waals surface area contributed by atoms with Gasteiger partial charge in [-0.05, 0) is 69.7 Å². The number of likely N-dealkylation sites (tertiary alicyclic amines) is 1. The molecule has 0 spiro atoms. The molecule has 7 nitrogen and oxygen atoms in total. The SMILES string of the molecule is COCCCCC(O)(c1ccccc1Oc1ccccc1)[C@@H]1CCCN(C(=O)NC2CCCNC2)C1. The zero-order valence-electron chi connectivity index (χ0n) is 21.5. The predicted molar refractivity (Wildman–Crippen MR) is 141 cm³/mol. The summed E-state index contributed by atoms with van der Waals surface area (Å²) in [6, 6.07) is 17.6. The van der Waals surface area contributed by atoms with Crippen molar-refractivity contribution in [1.82, 2.24) is 15.5 Å². The van der Waals surface area contributed by atoms with Crippen LogP contribution in [-0.4, -0.2) is 62.0 Å². The van der Waals surface area contributed by atoms with E-state index in [1.54, 1.807) is 7.11 Å². The van der Waals surface area contributed by atoms with Gasteiger partial charge in [-0.15, -0.1) is 0 Å². The maximum atomic E-state index is 13.1. The van der Waals surface area contributed by atoms with Gasteiger partial charge in [-0.25, -0.2) is 4.79 Å². The highest BCUT2D eigenvalue weighted by Crippen LogP contribution is 2.44. The van der Waals surface area contributed by atoms with Gasteiger partial charge in [0.05, 0.1) is 5.60 Å². The number of hydrogen-bond donors (Lipinski definition) is 3. The molecule has 196 valence electrons. The number of hydrogen-bond acceptors (Lipinski definition) is 5. The van der Waals surface area contributed by atoms with Crippen molar-refractivity contribution in [3.63, 3.8) is 0 Å². The summed E-state index contributed by atoms with van der Waals surface area (Å²) in [6.07, 6.45) is 6.07. The molecule has 7 heteroatoms. The number of methoxy groups -OCH3 is 1. The smallest absolute Gasteiger partial charge is 0.317 e. The van der Waals surface area contributed by atoms with Crippen LogP contribution in [0.5, 0.6) is 11.5 Å². The fraction of sp³-hybridized carbons (Fsp3) is 0.552. The van der Waals surface area contributed by atoms with Gasteiger partial charge in [-0.2, -0.15) is 0 Å². The summed E-state index contributed by atoms with van der Waals surface area (Å²) in [5.74, 6) is 1.30. The lowest BCUT2D eigenvalue weighted by Crippen LogP contribution is -2.54. The summed E-state index contributed by atoms with van der Waals surface area (Å²) in [4.78, 5) is 15.0. The molecule has 2 unspecified atom stereocenters. The average Bonchev–Trinajstić information content (AvgIpc) is 2.92. The Kier molecular flexibility index (Phi) is 9.61. The minimum atomic E-state index is -1.12. The molecular formula is C29H41N3O4. The Morgan fingerprint density at radius 3 is 2.69 bits per heavy atom. The van der Waals surface area contributed by atoms with E-state index in [4.69, 9.17) is 9.47 Å². The summed E-state index contributed by atoms with van der Waals surface area (Å²) >= 11 is 0. The van der Waals surface area contributed by atoms with Crippen LogP contribution in [0.15, 0.2) is 54.6 Å². The first kappa shape index (κ1) is 26.5. The second-order valence-corrected chi connectivity index (χ2v) is 10.1. The molecule has 2 saturated heterocycles. The normalized spacial score (nSPS) is 22.0. The van der Waals surface area contributed by atoms with Gasteiger partial charge in [0.2, 0.25) is 0 Å². The molecule has 3 atom stereocenters. The van der Waals surface area contributed by atoms with Gasteiger partial charge < -0.3 is 30.1 Å². The van der Waals surface area contributed by atoms with E-state index in [-0.39, 0.29) is 18.0 Å². The van der Waals surface area contributed by atoms with Crippen LogP contribution in [0.3, 0.4) is 0 Å². The molecule has 36 heavy (non-hydrogen) atoms. The monoisotopic (exact) mass is 495 g/mol. The number of aliphatic hydroxyl groups is 1. The van der Waals surface area contributed by atoms with Crippen molar-refractivity contribution in [2.24, 2.45) is 5.92 Å². The summed E-state index contributed by atoms with van der Waals surface area (Å²) in [5, 5.41) is 19.0. The number of rotatable bonds is 10. The number of benzene rings is 2. The largest absolute Gasteiger partial charge is 0.457 e. The molecule has 2 aliphatic rings. The van der Waals surface area contributed by atoms with E-state index >= 15 is 0 Å². The van der Waals surface area contributed by atoms with Gasteiger partial charge >= 0.3 is 6.03 Å². The first-order valence-corrected chi connectivity index (χ1v) is 13.4. The molecule has 2 aromatic carbocycles. The highest BCUT2D eigenvalue weighted by molar-refractivity contribution is 5.74. The van der Waals surface area contributed by atoms with Crippen molar-refractivity contribution < 1.29 is 19.4 Å². The highest BCUT2D eigenvalue weighted by atomic mass is 16.5. The number of piperidine rings is 2. The van der Waals surface area contributed by atoms with Gasteiger partial charge in [0.1, 0.15) is 11.5 Å². The lowest BCUT2D eigenvalue weighted by Gasteiger charge is -2.43. The fourth-order valence-corrected chi connectivity index (χ4v) is 5.52. The summed E-state index contributed by atoms with van der Waals surface area (Å²) in [5.41, 5.74) is -0.334. The lowest BCUT2D eigenvalue weighted by molar-refractivity contribution is -0.0575. The van der Waals surface area contributed by atoms with Gasteiger partial charge in [-0.1, -0.05) is 36.4 Å². The minimum absolute atomic E-state index is 0.0241. The van der Waals surface area contributed by atoms with Crippen LogP contribution in [0, 0.1) is 5.92 Å². The first-order valence-electron chi connectivity index (χ1n) is 13.4. The van der Waals surface area contributed by atoms with Crippen molar-refractivity contribution in [2.45, 2.75) is 56.6 Å². The molecule has 2 heterocycles. The molecule has 2 fully saturated rings. The molecule has 0 aromatic heterocycles. The van der Waals surface area contributed by atoms with Crippen LogP contribution in [-0.2, 0) is 10.3 Å². The molecule has 0 radical (unpaired) electrons. The Hall–Kier alpha value is -2.61. The maximum Gasteiger partial charge on any atom is 0.317 e. The number of carbonyl (C=O) groups is 1. The van der Waals surface area contributed by atoms with Gasteiger partial charge in [-0.3, -0.25) is 0 Å². The van der Waals surface area contributed by atoms with Crippen LogP contribution in [0.1, 0.15) is 50.5 Å². The average molecular weight is 496 g/mol. The maximum absolute atomic E-state index is 13.1. The fourth-order valence-electron chi connectivity index (χ4n) is 5.52. The standard InChI is InChI=1S/C29H41N3O4/c1-35-20-8-7-17-29(34,26-15-5-6-16-27(26)36-25-13-3-2-4-14-25)23-11-10-19-32(22-23)28(33)31-24-12-9-18-30-21-24/h2-6,13-16,23-24,30,34H,7-12,17-22H2,1H3,(H,31,33)/t23-,24?,29?/m1/s1. The van der Waals surface area contributed by atoms with E-state index < -0.39 is 5.60 Å². The van der Waals surface area contributed by atoms with E-state index in [1.165, 1.54) is 0 Å². The van der Waals surface area contributed by atoms with Gasteiger partial charge in [0.25, 0.3) is 0 Å². The lowest BCUT2D eigenvalue weighted by atomic mass is 9.73. The van der Waals surface area contributed by atoms with Crippen molar-refractivity contribution in [3.8, 4) is 11.5 Å². The summed E-state index contributed by atoms with van der Waals surface area (Å²) in [6.45, 7) is 3.72. The van der Waals surface area contributed by atoms with E-state index in [0.29, 0.717) is 31.9 Å². The number of nitrogens with zero attached hydrogens (tertiary/aromatic N) is 1. The Bertz CT molecular complexity index is 951. The second kappa shape index (κ2) is 13.1. The molecular weight excluding hydrogens is 454 g/mol. The molecule has 0 bridgehead atoms. The van der Waals surface area contributed by atoms with Crippen molar-refractivity contribution in [3.05, 3.63) is 60.2 Å². The van der Waals surface area contributed by atoms with E-state index in [0.717, 1.165) is 62.9 Å².